The molecule has 0 spiro atoms. The smallest absolute Gasteiger partial charge is 0.332 e. The first-order valence-electron chi connectivity index (χ1n) is 8.00. The van der Waals surface area contributed by atoms with Crippen LogP contribution in [0, 0.1) is 0 Å². The maximum atomic E-state index is 11.7. The summed E-state index contributed by atoms with van der Waals surface area (Å²) >= 11 is 0. The zero-order valence-corrected chi connectivity index (χ0v) is 16.4. The van der Waals surface area contributed by atoms with Gasteiger partial charge in [-0.15, -0.1) is 0 Å². The van der Waals surface area contributed by atoms with Gasteiger partial charge in [-0.25, -0.2) is 4.79 Å². The summed E-state index contributed by atoms with van der Waals surface area (Å²) in [5.74, 6) is -0.0437. The molecule has 1 aromatic heterocycles. The number of nitrogens with zero attached hydrogens (tertiary/aromatic N) is 2. The van der Waals surface area contributed by atoms with Crippen LogP contribution in [0.4, 0.5) is 0 Å². The molecule has 0 aliphatic carbocycles. The van der Waals surface area contributed by atoms with E-state index in [2.05, 4.69) is 18.8 Å². The molecule has 0 radical (unpaired) electrons. The number of hydroxylamine groups is 2. The fourth-order valence-electron chi connectivity index (χ4n) is 1.82. The van der Waals surface area contributed by atoms with Gasteiger partial charge in [-0.1, -0.05) is 27.7 Å². The van der Waals surface area contributed by atoms with Crippen LogP contribution in [0.2, 0.25) is 0 Å². The van der Waals surface area contributed by atoms with Crippen molar-refractivity contribution >= 4 is 39.8 Å². The molecule has 1 aromatic rings. The molecule has 0 saturated carbocycles. The Morgan fingerprint density at radius 1 is 1.32 bits per heavy atom. The second-order valence-electron chi connectivity index (χ2n) is 5.79. The van der Waals surface area contributed by atoms with Gasteiger partial charge in [0.2, 0.25) is 0 Å². The first-order chi connectivity index (χ1) is 11.9. The van der Waals surface area contributed by atoms with E-state index in [0.29, 0.717) is 12.7 Å². The lowest BCUT2D eigenvalue weighted by atomic mass is 10.1. The standard InChI is InChI=1S/C17H24N2O4S2/c1-17(2,14-8-4-5-11-18-14)25-24-13-7-10-16(22)23-19(3)15(21)9-6-12-20/h4-5,8,11-12H,6-7,9-10,13H2,1-3H3. The summed E-state index contributed by atoms with van der Waals surface area (Å²) in [6, 6.07) is 5.87. The summed E-state index contributed by atoms with van der Waals surface area (Å²) in [5.41, 5.74) is 1.02. The van der Waals surface area contributed by atoms with Crippen LogP contribution in [-0.2, 0) is 24.0 Å². The van der Waals surface area contributed by atoms with E-state index in [0.717, 1.165) is 16.5 Å². The van der Waals surface area contributed by atoms with E-state index in [9.17, 15) is 14.4 Å². The quantitative estimate of drug-likeness (QED) is 0.265. The number of aldehydes is 1. The van der Waals surface area contributed by atoms with Gasteiger partial charge >= 0.3 is 5.97 Å². The lowest BCUT2D eigenvalue weighted by Crippen LogP contribution is -2.29. The van der Waals surface area contributed by atoms with Crippen LogP contribution in [0.3, 0.4) is 0 Å². The Labute approximate surface area is 156 Å². The molecule has 0 N–H and O–H groups in total. The fourth-order valence-corrected chi connectivity index (χ4v) is 4.40. The molecule has 0 saturated heterocycles. The van der Waals surface area contributed by atoms with Crippen molar-refractivity contribution in [3.8, 4) is 0 Å². The van der Waals surface area contributed by atoms with Gasteiger partial charge in [-0.3, -0.25) is 9.78 Å². The van der Waals surface area contributed by atoms with Gasteiger partial charge in [0.1, 0.15) is 6.29 Å². The lowest BCUT2D eigenvalue weighted by molar-refractivity contribution is -0.192. The predicted molar refractivity (Wildman–Crippen MR) is 101 cm³/mol. The number of carbonyl (C=O) groups is 3. The van der Waals surface area contributed by atoms with E-state index in [1.54, 1.807) is 27.8 Å². The number of carbonyl (C=O) groups excluding carboxylic acids is 3. The molecule has 6 nitrogen and oxygen atoms in total. The zero-order chi connectivity index (χ0) is 18.7. The third-order valence-corrected chi connectivity index (χ3v) is 6.53. The second-order valence-corrected chi connectivity index (χ2v) is 8.83. The molecule has 0 aliphatic heterocycles. The SMILES string of the molecule is CN(OC(=O)CCCSSC(C)(C)c1ccccn1)C(=O)CCC=O. The van der Waals surface area contributed by atoms with Gasteiger partial charge in [0.15, 0.2) is 0 Å². The molecule has 1 rings (SSSR count). The predicted octanol–water partition coefficient (Wildman–Crippen LogP) is 3.37. The maximum Gasteiger partial charge on any atom is 0.332 e. The Morgan fingerprint density at radius 3 is 2.72 bits per heavy atom. The highest BCUT2D eigenvalue weighted by Crippen LogP contribution is 2.42. The highest BCUT2D eigenvalue weighted by Gasteiger charge is 2.23. The number of hydrogen-bond acceptors (Lipinski definition) is 7. The van der Waals surface area contributed by atoms with Crippen molar-refractivity contribution in [3.63, 3.8) is 0 Å². The van der Waals surface area contributed by atoms with Crippen LogP contribution in [0.15, 0.2) is 24.4 Å². The molecule has 0 aliphatic rings. The minimum absolute atomic E-state index is 0.0440. The Kier molecular flexibility index (Phi) is 9.59. The summed E-state index contributed by atoms with van der Waals surface area (Å²) in [4.78, 5) is 42.8. The highest BCUT2D eigenvalue weighted by atomic mass is 33.1. The van der Waals surface area contributed by atoms with Crippen LogP contribution in [0.25, 0.3) is 0 Å². The van der Waals surface area contributed by atoms with Gasteiger partial charge in [-0.2, -0.15) is 5.06 Å². The van der Waals surface area contributed by atoms with Crippen molar-refractivity contribution in [3.05, 3.63) is 30.1 Å². The molecule has 1 amide bonds. The molecule has 1 heterocycles. The third kappa shape index (κ3) is 8.40. The Hall–Kier alpha value is -1.54. The van der Waals surface area contributed by atoms with Gasteiger partial charge in [0.25, 0.3) is 5.91 Å². The number of amides is 1. The van der Waals surface area contributed by atoms with Crippen LogP contribution in [0.5, 0.6) is 0 Å². The van der Waals surface area contributed by atoms with E-state index < -0.39 is 5.97 Å². The van der Waals surface area contributed by atoms with Crippen LogP contribution in [-0.4, -0.2) is 41.0 Å². The second kappa shape index (κ2) is 11.1. The van der Waals surface area contributed by atoms with Gasteiger partial charge < -0.3 is 9.63 Å². The van der Waals surface area contributed by atoms with E-state index in [4.69, 9.17) is 4.84 Å². The molecular weight excluding hydrogens is 360 g/mol. The van der Waals surface area contributed by atoms with Crippen molar-refractivity contribution in [2.75, 3.05) is 12.8 Å². The Balaban J connectivity index is 2.21. The Bertz CT molecular complexity index is 567. The van der Waals surface area contributed by atoms with Gasteiger partial charge in [-0.05, 0) is 32.4 Å². The molecule has 0 aromatic carbocycles. The molecule has 0 bridgehead atoms. The minimum atomic E-state index is -0.448. The summed E-state index contributed by atoms with van der Waals surface area (Å²) in [6.07, 6.45) is 3.51. The summed E-state index contributed by atoms with van der Waals surface area (Å²) in [7, 11) is 4.78. The van der Waals surface area contributed by atoms with Crippen molar-refractivity contribution in [1.82, 2.24) is 10.0 Å². The van der Waals surface area contributed by atoms with E-state index in [1.165, 1.54) is 7.05 Å². The van der Waals surface area contributed by atoms with Crippen molar-refractivity contribution < 1.29 is 19.2 Å². The monoisotopic (exact) mass is 384 g/mol. The number of aromatic nitrogens is 1. The van der Waals surface area contributed by atoms with Crippen LogP contribution < -0.4 is 0 Å². The summed E-state index contributed by atoms with van der Waals surface area (Å²) in [5, 5.41) is 0.901. The number of rotatable bonds is 10. The van der Waals surface area contributed by atoms with E-state index in [-0.39, 0.29) is 29.9 Å². The molecule has 0 fully saturated rings. The molecule has 25 heavy (non-hydrogen) atoms. The largest absolute Gasteiger partial charge is 0.338 e. The first kappa shape index (κ1) is 21.5. The minimum Gasteiger partial charge on any atom is -0.338 e. The molecule has 138 valence electrons. The van der Waals surface area contributed by atoms with Crippen molar-refractivity contribution in [1.29, 1.82) is 0 Å². The average Bonchev–Trinajstić information content (AvgIpc) is 2.59. The lowest BCUT2D eigenvalue weighted by Gasteiger charge is -2.22. The normalized spacial score (nSPS) is 11.0. The summed E-state index contributed by atoms with van der Waals surface area (Å²) < 4.78 is -0.113. The number of pyridine rings is 1. The zero-order valence-electron chi connectivity index (χ0n) is 14.8. The summed E-state index contributed by atoms with van der Waals surface area (Å²) in [6.45, 7) is 4.22. The van der Waals surface area contributed by atoms with Gasteiger partial charge in [0.05, 0.1) is 10.4 Å². The van der Waals surface area contributed by atoms with E-state index >= 15 is 0 Å². The number of hydrogen-bond donors (Lipinski definition) is 0. The average molecular weight is 385 g/mol. The van der Waals surface area contributed by atoms with Crippen molar-refractivity contribution in [2.45, 2.75) is 44.3 Å². The van der Waals surface area contributed by atoms with Crippen molar-refractivity contribution in [2.24, 2.45) is 0 Å². The molecule has 8 heteroatoms. The van der Waals surface area contributed by atoms with E-state index in [1.807, 2.05) is 18.2 Å². The maximum absolute atomic E-state index is 11.7. The first-order valence-corrected chi connectivity index (χ1v) is 10.3. The Morgan fingerprint density at radius 2 is 2.08 bits per heavy atom. The van der Waals surface area contributed by atoms with Crippen LogP contribution in [0.1, 0.15) is 45.2 Å². The molecule has 0 atom stereocenters. The molecular formula is C17H24N2O4S2. The van der Waals surface area contributed by atoms with Crippen LogP contribution >= 0.6 is 21.6 Å². The fraction of sp³-hybridized carbons (Fsp3) is 0.529. The highest BCUT2D eigenvalue weighted by molar-refractivity contribution is 8.77. The topological polar surface area (TPSA) is 76.6 Å². The third-order valence-electron chi connectivity index (χ3n) is 3.22. The van der Waals surface area contributed by atoms with Gasteiger partial charge in [0, 0.05) is 38.3 Å². The molecule has 0 unspecified atom stereocenters.